The standard InChI is InChI=1S/C50H55N3O11/c1-48(2,3)61-41(57)26-25-37(31-54)52-40(56)27-28-51-47(59)49-29-39-42-43(63-50(62-42,35-16-6-4-7-17-35)36-18-8-5-9-19-36)45(49)64-53(44(49)46(58)60-39)30-33-23-21-32(22-24-33)13-12-15-34-14-10-11-20-38(34)55/h4-14,16-24,37,39,42-45,54-55H,15,25-31H2,1-3H3,(H,51,59)(H,52,56). The fraction of sp³-hybridized carbons (Fsp3) is 0.400. The molecule has 3 aliphatic heterocycles. The van der Waals surface area contributed by atoms with Crippen molar-refractivity contribution in [3.63, 3.8) is 0 Å². The van der Waals surface area contributed by atoms with Crippen LogP contribution in [0.2, 0.25) is 0 Å². The smallest absolute Gasteiger partial charge is 0.327 e. The van der Waals surface area contributed by atoms with Gasteiger partial charge >= 0.3 is 11.9 Å². The van der Waals surface area contributed by atoms with Crippen molar-refractivity contribution in [1.82, 2.24) is 15.7 Å². The zero-order valence-electron chi connectivity index (χ0n) is 36.2. The van der Waals surface area contributed by atoms with Gasteiger partial charge in [-0.2, -0.15) is 5.06 Å². The van der Waals surface area contributed by atoms with E-state index in [1.165, 1.54) is 5.06 Å². The van der Waals surface area contributed by atoms with Gasteiger partial charge in [0.05, 0.1) is 19.2 Å². The molecule has 1 saturated carbocycles. The number of amides is 2. The molecule has 2 bridgehead atoms. The van der Waals surface area contributed by atoms with E-state index in [1.807, 2.05) is 109 Å². The number of esters is 2. The number of aliphatic hydroxyl groups is 1. The van der Waals surface area contributed by atoms with E-state index in [9.17, 15) is 29.4 Å². The van der Waals surface area contributed by atoms with Crippen LogP contribution in [0.3, 0.4) is 0 Å². The number of nitrogens with one attached hydrogen (secondary N) is 2. The number of phenolic OH excluding ortho intramolecular Hbond substituents is 1. The maximum Gasteiger partial charge on any atom is 0.327 e. The van der Waals surface area contributed by atoms with Gasteiger partial charge in [0.1, 0.15) is 41.2 Å². The van der Waals surface area contributed by atoms with E-state index in [-0.39, 0.29) is 51.1 Å². The number of hydroxylamine groups is 2. The first-order valence-electron chi connectivity index (χ1n) is 21.8. The number of carbonyl (C=O) groups excluding carboxylic acids is 4. The highest BCUT2D eigenvalue weighted by Gasteiger charge is 2.76. The number of benzene rings is 4. The Hall–Kier alpha value is -5.90. The van der Waals surface area contributed by atoms with Crippen LogP contribution in [0.1, 0.15) is 74.3 Å². The summed E-state index contributed by atoms with van der Waals surface area (Å²) in [5, 5.41) is 27.3. The minimum absolute atomic E-state index is 0.00439. The van der Waals surface area contributed by atoms with Crippen molar-refractivity contribution in [2.45, 2.75) is 107 Å². The molecular formula is C50H55N3O11. The molecule has 14 heteroatoms. The first kappa shape index (κ1) is 44.7. The van der Waals surface area contributed by atoms with Gasteiger partial charge in [-0.1, -0.05) is 115 Å². The Morgan fingerprint density at radius 2 is 1.55 bits per heavy atom. The van der Waals surface area contributed by atoms with Gasteiger partial charge in [-0.25, -0.2) is 0 Å². The lowest BCUT2D eigenvalue weighted by molar-refractivity contribution is -0.213. The first-order valence-corrected chi connectivity index (χ1v) is 21.8. The second-order valence-corrected chi connectivity index (χ2v) is 17.8. The summed E-state index contributed by atoms with van der Waals surface area (Å²) < 4.78 is 25.5. The first-order chi connectivity index (χ1) is 30.8. The van der Waals surface area contributed by atoms with E-state index in [2.05, 4.69) is 10.6 Å². The van der Waals surface area contributed by atoms with Gasteiger partial charge in [0.2, 0.25) is 17.6 Å². The summed E-state index contributed by atoms with van der Waals surface area (Å²) in [6.07, 6.45) is 1.06. The molecule has 4 aromatic rings. The van der Waals surface area contributed by atoms with Crippen LogP contribution < -0.4 is 10.6 Å². The summed E-state index contributed by atoms with van der Waals surface area (Å²) in [7, 11) is 0. The van der Waals surface area contributed by atoms with Crippen LogP contribution in [0.5, 0.6) is 5.75 Å². The molecule has 0 aromatic heterocycles. The number of para-hydroxylation sites is 1. The number of hydrogen-bond donors (Lipinski definition) is 4. The molecule has 7 atom stereocenters. The Morgan fingerprint density at radius 3 is 2.20 bits per heavy atom. The van der Waals surface area contributed by atoms with E-state index in [1.54, 1.807) is 32.9 Å². The van der Waals surface area contributed by atoms with Gasteiger partial charge in [-0.15, -0.1) is 0 Å². The minimum Gasteiger partial charge on any atom is -0.508 e. The molecule has 4 aromatic carbocycles. The highest BCUT2D eigenvalue weighted by atomic mass is 16.8. The fourth-order valence-corrected chi connectivity index (χ4v) is 9.26. The Balaban J connectivity index is 1.03. The summed E-state index contributed by atoms with van der Waals surface area (Å²) in [4.78, 5) is 61.4. The number of allylic oxidation sites excluding steroid dienone is 1. The van der Waals surface area contributed by atoms with Crippen molar-refractivity contribution in [3.05, 3.63) is 143 Å². The fourth-order valence-electron chi connectivity index (χ4n) is 9.26. The van der Waals surface area contributed by atoms with E-state index in [4.69, 9.17) is 23.8 Å². The second kappa shape index (κ2) is 18.7. The van der Waals surface area contributed by atoms with Gasteiger partial charge < -0.3 is 39.8 Å². The molecule has 4 N–H and O–H groups in total. The highest BCUT2D eigenvalue weighted by Crippen LogP contribution is 2.59. The third kappa shape index (κ3) is 9.19. The number of aromatic hydroxyl groups is 1. The third-order valence-corrected chi connectivity index (χ3v) is 12.2. The molecular weight excluding hydrogens is 819 g/mol. The average molecular weight is 874 g/mol. The number of aliphatic hydroxyl groups excluding tert-OH is 1. The van der Waals surface area contributed by atoms with Crippen molar-refractivity contribution in [1.29, 1.82) is 0 Å². The number of hydrogen-bond acceptors (Lipinski definition) is 12. The van der Waals surface area contributed by atoms with Crippen LogP contribution in [0.25, 0.3) is 6.08 Å². The van der Waals surface area contributed by atoms with Crippen LogP contribution in [-0.2, 0) is 61.7 Å². The number of fused-ring (bicyclic) bond motifs is 4. The van der Waals surface area contributed by atoms with Crippen LogP contribution in [0.15, 0.2) is 115 Å². The molecule has 64 heavy (non-hydrogen) atoms. The molecule has 3 heterocycles. The topological polar surface area (TPSA) is 182 Å². The molecule has 3 saturated heterocycles. The van der Waals surface area contributed by atoms with Crippen molar-refractivity contribution >= 4 is 29.8 Å². The van der Waals surface area contributed by atoms with Crippen molar-refractivity contribution in [2.24, 2.45) is 5.41 Å². The molecule has 7 unspecified atom stereocenters. The summed E-state index contributed by atoms with van der Waals surface area (Å²) in [6, 6.07) is 32.1. The SMILES string of the molecule is CC(C)(C)OC(=O)CCC(CO)NC(=O)CCNC(=O)C12CC3OC(=O)C1N(Cc1ccc(C=CCc4ccccc4O)cc1)OC2C1OC(c2ccccc2)(c2ccccc2)OC31. The monoisotopic (exact) mass is 873 g/mol. The molecule has 8 rings (SSSR count). The quantitative estimate of drug-likeness (QED) is 0.108. The molecule has 4 fully saturated rings. The highest BCUT2D eigenvalue weighted by molar-refractivity contribution is 5.94. The van der Waals surface area contributed by atoms with Crippen LogP contribution in [0, 0.1) is 5.41 Å². The summed E-state index contributed by atoms with van der Waals surface area (Å²) >= 11 is 0. The summed E-state index contributed by atoms with van der Waals surface area (Å²) in [5.74, 6) is -3.18. The number of nitrogens with zero attached hydrogens (tertiary/aromatic N) is 1. The predicted octanol–water partition coefficient (Wildman–Crippen LogP) is 5.24. The lowest BCUT2D eigenvalue weighted by Gasteiger charge is -2.48. The van der Waals surface area contributed by atoms with Crippen LogP contribution >= 0.6 is 0 Å². The van der Waals surface area contributed by atoms with Crippen molar-refractivity contribution < 1.29 is 53.2 Å². The maximum absolute atomic E-state index is 14.9. The number of rotatable bonds is 16. The van der Waals surface area contributed by atoms with Crippen LogP contribution in [-0.4, -0.2) is 94.3 Å². The maximum atomic E-state index is 14.9. The van der Waals surface area contributed by atoms with Gasteiger partial charge in [0.25, 0.3) is 0 Å². The minimum atomic E-state index is -1.50. The lowest BCUT2D eigenvalue weighted by atomic mass is 9.62. The third-order valence-electron chi connectivity index (χ3n) is 12.2. The van der Waals surface area contributed by atoms with Crippen LogP contribution in [0.4, 0.5) is 0 Å². The zero-order chi connectivity index (χ0) is 45.1. The Kier molecular flexibility index (Phi) is 13.0. The summed E-state index contributed by atoms with van der Waals surface area (Å²) in [5.41, 5.74) is 1.83. The summed E-state index contributed by atoms with van der Waals surface area (Å²) in [6.45, 7) is 4.95. The van der Waals surface area contributed by atoms with E-state index >= 15 is 0 Å². The molecule has 336 valence electrons. The second-order valence-electron chi connectivity index (χ2n) is 17.8. The van der Waals surface area contributed by atoms with Gasteiger partial charge in [0, 0.05) is 36.9 Å². The zero-order valence-corrected chi connectivity index (χ0v) is 36.2. The van der Waals surface area contributed by atoms with Crippen molar-refractivity contribution in [2.75, 3.05) is 13.2 Å². The van der Waals surface area contributed by atoms with Gasteiger partial charge in [0.15, 0.2) is 6.04 Å². The van der Waals surface area contributed by atoms with Crippen molar-refractivity contribution in [3.8, 4) is 5.75 Å². The molecule has 2 amide bonds. The predicted molar refractivity (Wildman–Crippen MR) is 234 cm³/mol. The van der Waals surface area contributed by atoms with E-state index in [0.29, 0.717) is 6.42 Å². The van der Waals surface area contributed by atoms with E-state index in [0.717, 1.165) is 27.8 Å². The van der Waals surface area contributed by atoms with E-state index < -0.39 is 77.1 Å². The average Bonchev–Trinajstić information content (AvgIpc) is 3.86. The number of phenols is 1. The normalized spacial score (nSPS) is 25.0. The molecule has 0 radical (unpaired) electrons. The molecule has 14 nitrogen and oxygen atoms in total. The number of carbonyl (C=O) groups is 4. The molecule has 4 aliphatic rings. The molecule has 1 aliphatic carbocycles. The molecule has 0 spiro atoms. The Morgan fingerprint density at radius 1 is 0.891 bits per heavy atom. The Bertz CT molecular complexity index is 2290. The Labute approximate surface area is 372 Å². The lowest BCUT2D eigenvalue weighted by Crippen LogP contribution is -2.69. The van der Waals surface area contributed by atoms with Gasteiger partial charge in [-0.3, -0.25) is 24.0 Å². The van der Waals surface area contributed by atoms with Gasteiger partial charge in [-0.05, 0) is 56.4 Å². The largest absolute Gasteiger partial charge is 0.508 e. The number of ether oxygens (including phenoxy) is 4.